The lowest BCUT2D eigenvalue weighted by atomic mass is 10.2. The summed E-state index contributed by atoms with van der Waals surface area (Å²) in [5.74, 6) is 1.56. The van der Waals surface area contributed by atoms with Crippen molar-refractivity contribution in [1.82, 2.24) is 24.9 Å². The van der Waals surface area contributed by atoms with Crippen LogP contribution in [-0.2, 0) is 12.3 Å². The zero-order valence-electron chi connectivity index (χ0n) is 11.2. The molecule has 0 atom stereocenters. The van der Waals surface area contributed by atoms with Crippen molar-refractivity contribution >= 4 is 23.4 Å². The number of rotatable bonds is 5. The average Bonchev–Trinajstić information content (AvgIpc) is 3.14. The molecule has 0 unspecified atom stereocenters. The molecule has 0 aliphatic carbocycles. The SMILES string of the molecule is CCn1cnnc1SCc1nc(-c2ccccc2Cl)no1. The summed E-state index contributed by atoms with van der Waals surface area (Å²) in [6, 6.07) is 7.40. The van der Waals surface area contributed by atoms with Crippen LogP contribution in [0.25, 0.3) is 11.4 Å². The van der Waals surface area contributed by atoms with Crippen LogP contribution in [0.3, 0.4) is 0 Å². The Morgan fingerprint density at radius 1 is 1.33 bits per heavy atom. The van der Waals surface area contributed by atoms with E-state index in [0.717, 1.165) is 17.3 Å². The molecule has 2 heterocycles. The predicted octanol–water partition coefficient (Wildman–Crippen LogP) is 3.29. The minimum Gasteiger partial charge on any atom is -0.338 e. The van der Waals surface area contributed by atoms with Crippen molar-refractivity contribution < 1.29 is 4.52 Å². The normalized spacial score (nSPS) is 11.0. The largest absolute Gasteiger partial charge is 0.338 e. The van der Waals surface area contributed by atoms with E-state index < -0.39 is 0 Å². The highest BCUT2D eigenvalue weighted by Gasteiger charge is 2.12. The maximum atomic E-state index is 6.12. The molecule has 2 aromatic heterocycles. The molecule has 0 aliphatic rings. The van der Waals surface area contributed by atoms with Gasteiger partial charge >= 0.3 is 0 Å². The summed E-state index contributed by atoms with van der Waals surface area (Å²) in [6.07, 6.45) is 1.70. The molecular formula is C13H12ClN5OS. The van der Waals surface area contributed by atoms with Crippen molar-refractivity contribution in [3.8, 4) is 11.4 Å². The highest BCUT2D eigenvalue weighted by molar-refractivity contribution is 7.98. The van der Waals surface area contributed by atoms with Crippen LogP contribution in [0.15, 0.2) is 40.3 Å². The van der Waals surface area contributed by atoms with Gasteiger partial charge in [0.15, 0.2) is 5.16 Å². The van der Waals surface area contributed by atoms with Gasteiger partial charge in [-0.2, -0.15) is 4.98 Å². The molecule has 21 heavy (non-hydrogen) atoms. The summed E-state index contributed by atoms with van der Waals surface area (Å²) >= 11 is 7.62. The van der Waals surface area contributed by atoms with Gasteiger partial charge in [-0.1, -0.05) is 40.7 Å². The second-order valence-electron chi connectivity index (χ2n) is 4.18. The molecule has 0 fully saturated rings. The first-order valence-electron chi connectivity index (χ1n) is 6.36. The van der Waals surface area contributed by atoms with E-state index in [1.54, 1.807) is 12.4 Å². The molecule has 0 amide bonds. The van der Waals surface area contributed by atoms with Crippen LogP contribution in [-0.4, -0.2) is 24.9 Å². The highest BCUT2D eigenvalue weighted by atomic mass is 35.5. The van der Waals surface area contributed by atoms with Crippen LogP contribution in [0, 0.1) is 0 Å². The zero-order valence-corrected chi connectivity index (χ0v) is 12.8. The van der Waals surface area contributed by atoms with Gasteiger partial charge in [-0.25, -0.2) is 0 Å². The van der Waals surface area contributed by atoms with Gasteiger partial charge < -0.3 is 9.09 Å². The van der Waals surface area contributed by atoms with E-state index >= 15 is 0 Å². The van der Waals surface area contributed by atoms with Crippen LogP contribution in [0.1, 0.15) is 12.8 Å². The first kappa shape index (κ1) is 14.1. The summed E-state index contributed by atoms with van der Waals surface area (Å²) in [5.41, 5.74) is 0.760. The Labute approximate surface area is 130 Å². The number of hydrogen-bond acceptors (Lipinski definition) is 6. The number of nitrogens with zero attached hydrogens (tertiary/aromatic N) is 5. The van der Waals surface area contributed by atoms with E-state index in [9.17, 15) is 0 Å². The Kier molecular flexibility index (Phi) is 4.21. The van der Waals surface area contributed by atoms with E-state index in [4.69, 9.17) is 16.1 Å². The maximum Gasteiger partial charge on any atom is 0.237 e. The van der Waals surface area contributed by atoms with E-state index in [0.29, 0.717) is 22.5 Å². The van der Waals surface area contributed by atoms with E-state index in [2.05, 4.69) is 20.3 Å². The minimum absolute atomic E-state index is 0.494. The van der Waals surface area contributed by atoms with Crippen LogP contribution in [0.5, 0.6) is 0 Å². The Bertz CT molecular complexity index is 742. The summed E-state index contributed by atoms with van der Waals surface area (Å²) in [6.45, 7) is 2.86. The average molecular weight is 322 g/mol. The molecule has 108 valence electrons. The molecule has 6 nitrogen and oxygen atoms in total. The third-order valence-corrected chi connectivity index (χ3v) is 4.12. The van der Waals surface area contributed by atoms with Gasteiger partial charge in [-0.3, -0.25) is 0 Å². The van der Waals surface area contributed by atoms with Crippen LogP contribution in [0.2, 0.25) is 5.02 Å². The molecule has 0 N–H and O–H groups in total. The highest BCUT2D eigenvalue weighted by Crippen LogP contribution is 2.26. The van der Waals surface area contributed by atoms with Crippen LogP contribution >= 0.6 is 23.4 Å². The van der Waals surface area contributed by atoms with Crippen LogP contribution < -0.4 is 0 Å². The first-order chi connectivity index (χ1) is 10.3. The number of aromatic nitrogens is 5. The van der Waals surface area contributed by atoms with E-state index in [1.165, 1.54) is 11.8 Å². The Balaban J connectivity index is 1.73. The third kappa shape index (κ3) is 3.08. The lowest BCUT2D eigenvalue weighted by molar-refractivity contribution is 0.391. The second-order valence-corrected chi connectivity index (χ2v) is 5.53. The molecule has 8 heteroatoms. The molecule has 0 saturated heterocycles. The van der Waals surface area contributed by atoms with Gasteiger partial charge in [0.25, 0.3) is 0 Å². The third-order valence-electron chi connectivity index (χ3n) is 2.83. The number of benzene rings is 1. The Morgan fingerprint density at radius 2 is 2.19 bits per heavy atom. The maximum absolute atomic E-state index is 6.12. The fourth-order valence-corrected chi connectivity index (χ4v) is 2.80. The summed E-state index contributed by atoms with van der Waals surface area (Å²) in [5, 5.41) is 13.3. The molecule has 0 saturated carbocycles. The lowest BCUT2D eigenvalue weighted by Gasteiger charge is -1.99. The molecule has 0 bridgehead atoms. The Hall–Kier alpha value is -1.86. The summed E-state index contributed by atoms with van der Waals surface area (Å²) < 4.78 is 7.20. The standard InChI is InChI=1S/C13H12ClN5OS/c1-2-19-8-15-17-13(19)21-7-11-16-12(18-20-11)9-5-3-4-6-10(9)14/h3-6,8H,2,7H2,1H3. The molecule has 0 radical (unpaired) electrons. The van der Waals surface area contributed by atoms with Crippen molar-refractivity contribution in [2.75, 3.05) is 0 Å². The van der Waals surface area contributed by atoms with Crippen molar-refractivity contribution in [1.29, 1.82) is 0 Å². The molecular weight excluding hydrogens is 310 g/mol. The minimum atomic E-state index is 0.494. The quantitative estimate of drug-likeness (QED) is 0.672. The first-order valence-corrected chi connectivity index (χ1v) is 7.72. The number of halogens is 1. The van der Waals surface area contributed by atoms with Gasteiger partial charge in [0.2, 0.25) is 11.7 Å². The topological polar surface area (TPSA) is 69.6 Å². The van der Waals surface area contributed by atoms with Gasteiger partial charge in [0, 0.05) is 12.1 Å². The van der Waals surface area contributed by atoms with E-state index in [1.807, 2.05) is 29.7 Å². The van der Waals surface area contributed by atoms with Crippen molar-refractivity contribution in [3.05, 3.63) is 41.5 Å². The fourth-order valence-electron chi connectivity index (χ4n) is 1.76. The Morgan fingerprint density at radius 3 is 3.00 bits per heavy atom. The van der Waals surface area contributed by atoms with Crippen molar-refractivity contribution in [2.24, 2.45) is 0 Å². The lowest BCUT2D eigenvalue weighted by Crippen LogP contribution is -1.94. The van der Waals surface area contributed by atoms with Crippen LogP contribution in [0.4, 0.5) is 0 Å². The van der Waals surface area contributed by atoms with Crippen molar-refractivity contribution in [3.63, 3.8) is 0 Å². The molecule has 0 aliphatic heterocycles. The number of hydrogen-bond donors (Lipinski definition) is 0. The molecule has 3 aromatic rings. The number of thioether (sulfide) groups is 1. The molecule has 1 aromatic carbocycles. The second kappa shape index (κ2) is 6.28. The van der Waals surface area contributed by atoms with Gasteiger partial charge in [-0.15, -0.1) is 10.2 Å². The monoisotopic (exact) mass is 321 g/mol. The molecule has 0 spiro atoms. The van der Waals surface area contributed by atoms with Crippen molar-refractivity contribution in [2.45, 2.75) is 24.4 Å². The fraction of sp³-hybridized carbons (Fsp3) is 0.231. The van der Waals surface area contributed by atoms with E-state index in [-0.39, 0.29) is 0 Å². The number of aryl methyl sites for hydroxylation is 1. The van der Waals surface area contributed by atoms with Gasteiger partial charge in [-0.05, 0) is 19.1 Å². The summed E-state index contributed by atoms with van der Waals surface area (Å²) in [4.78, 5) is 4.36. The predicted molar refractivity (Wildman–Crippen MR) is 80.0 cm³/mol. The zero-order chi connectivity index (χ0) is 14.7. The molecule has 3 rings (SSSR count). The summed E-state index contributed by atoms with van der Waals surface area (Å²) in [7, 11) is 0. The van der Waals surface area contributed by atoms with Gasteiger partial charge in [0.1, 0.15) is 6.33 Å². The smallest absolute Gasteiger partial charge is 0.237 e. The van der Waals surface area contributed by atoms with Gasteiger partial charge in [0.05, 0.1) is 10.8 Å².